The van der Waals surface area contributed by atoms with Gasteiger partial charge in [0.25, 0.3) is 0 Å². The maximum Gasteiger partial charge on any atom is 0.142 e. The van der Waals surface area contributed by atoms with Gasteiger partial charge in [0.05, 0.1) is 23.6 Å². The predicted octanol–water partition coefficient (Wildman–Crippen LogP) is 3.97. The Kier molecular flexibility index (Phi) is 7.29. The molecule has 1 saturated heterocycles. The molecular weight excluding hydrogens is 513 g/mol. The number of morpholine rings is 1. The minimum Gasteiger partial charge on any atom is -0.379 e. The summed E-state index contributed by atoms with van der Waals surface area (Å²) in [5, 5.41) is 12.9. The second-order valence-corrected chi connectivity index (χ2v) is 11.0. The van der Waals surface area contributed by atoms with Gasteiger partial charge in [-0.25, -0.2) is 19.4 Å². The molecule has 37 heavy (non-hydrogen) atoms. The minimum atomic E-state index is -0.436. The molecule has 2 aromatic heterocycles. The number of allylic oxidation sites excluding steroid dienone is 1. The SMILES string of the molecule is CN1CC2=C(CCc3c2sc2ncnc(Nc4ccc(F)c(Cl)c4)c32)N1CCNCCN1CCOCC1. The van der Waals surface area contributed by atoms with Gasteiger partial charge >= 0.3 is 0 Å². The lowest BCUT2D eigenvalue weighted by molar-refractivity contribution is 0.0378. The van der Waals surface area contributed by atoms with Crippen LogP contribution in [0.15, 0.2) is 30.2 Å². The normalized spacial score (nSPS) is 18.5. The fraction of sp³-hybridized carbons (Fsp3) is 0.462. The van der Waals surface area contributed by atoms with Gasteiger partial charge < -0.3 is 20.4 Å². The van der Waals surface area contributed by atoms with E-state index in [1.807, 2.05) is 0 Å². The first-order valence-electron chi connectivity index (χ1n) is 12.8. The van der Waals surface area contributed by atoms with Crippen LogP contribution in [0.2, 0.25) is 5.02 Å². The molecule has 1 aliphatic carbocycles. The van der Waals surface area contributed by atoms with Crippen LogP contribution < -0.4 is 10.6 Å². The molecule has 196 valence electrons. The number of nitrogens with one attached hydrogen (secondary N) is 2. The third-order valence-corrected chi connectivity index (χ3v) is 8.81. The number of hydrogen-bond acceptors (Lipinski definition) is 9. The Morgan fingerprint density at radius 3 is 2.81 bits per heavy atom. The van der Waals surface area contributed by atoms with E-state index in [0.29, 0.717) is 5.69 Å². The summed E-state index contributed by atoms with van der Waals surface area (Å²) < 4.78 is 19.1. The van der Waals surface area contributed by atoms with Gasteiger partial charge in [-0.3, -0.25) is 4.90 Å². The summed E-state index contributed by atoms with van der Waals surface area (Å²) in [7, 11) is 2.17. The zero-order chi connectivity index (χ0) is 25.4. The number of halogens is 2. The van der Waals surface area contributed by atoms with Gasteiger partial charge in [0.15, 0.2) is 0 Å². The smallest absolute Gasteiger partial charge is 0.142 e. The topological polar surface area (TPSA) is 68.8 Å². The van der Waals surface area contributed by atoms with Crippen LogP contribution in [-0.2, 0) is 11.2 Å². The van der Waals surface area contributed by atoms with Crippen molar-refractivity contribution in [2.75, 3.05) is 71.4 Å². The monoisotopic (exact) mass is 543 g/mol. The Balaban J connectivity index is 1.17. The summed E-state index contributed by atoms with van der Waals surface area (Å²) in [6.45, 7) is 8.62. The van der Waals surface area contributed by atoms with Crippen LogP contribution in [0.3, 0.4) is 0 Å². The van der Waals surface area contributed by atoms with Crippen LogP contribution in [0.1, 0.15) is 16.9 Å². The van der Waals surface area contributed by atoms with Crippen molar-refractivity contribution in [2.45, 2.75) is 12.8 Å². The Hall–Kier alpha value is -2.34. The highest BCUT2D eigenvalue weighted by molar-refractivity contribution is 7.20. The molecule has 8 nitrogen and oxygen atoms in total. The van der Waals surface area contributed by atoms with Crippen molar-refractivity contribution >= 4 is 50.2 Å². The minimum absolute atomic E-state index is 0.0853. The standard InChI is InChI=1S/C26H31ClFN7OS/c1-33-15-19-22(35(33)9-7-29-6-8-34-10-12-36-13-11-34)5-3-18-23-25(30-16-31-26(23)37-24(18)19)32-17-2-4-21(28)20(27)14-17/h2,4,14,16,29H,3,5-13,15H2,1H3,(H,30,31,32). The van der Waals surface area contributed by atoms with Gasteiger partial charge in [-0.05, 0) is 36.6 Å². The summed E-state index contributed by atoms with van der Waals surface area (Å²) >= 11 is 7.74. The van der Waals surface area contributed by atoms with Crippen LogP contribution in [0.4, 0.5) is 15.9 Å². The van der Waals surface area contributed by atoms with E-state index in [1.54, 1.807) is 29.8 Å². The summed E-state index contributed by atoms with van der Waals surface area (Å²) in [4.78, 5) is 13.9. The molecule has 0 saturated carbocycles. The van der Waals surface area contributed by atoms with E-state index in [0.717, 1.165) is 87.9 Å². The first-order valence-corrected chi connectivity index (χ1v) is 14.0. The van der Waals surface area contributed by atoms with E-state index < -0.39 is 5.82 Å². The third-order valence-electron chi connectivity index (χ3n) is 7.32. The number of rotatable bonds is 8. The number of ether oxygens (including phenoxy) is 1. The molecule has 1 fully saturated rings. The highest BCUT2D eigenvalue weighted by Crippen LogP contribution is 2.46. The van der Waals surface area contributed by atoms with E-state index in [9.17, 15) is 4.39 Å². The van der Waals surface area contributed by atoms with Crippen molar-refractivity contribution in [1.29, 1.82) is 0 Å². The Morgan fingerprint density at radius 2 is 1.97 bits per heavy atom. The van der Waals surface area contributed by atoms with E-state index >= 15 is 0 Å². The Bertz CT molecular complexity index is 1330. The number of aromatic nitrogens is 2. The lowest BCUT2D eigenvalue weighted by atomic mass is 9.94. The predicted molar refractivity (Wildman–Crippen MR) is 147 cm³/mol. The number of fused-ring (bicyclic) bond motifs is 4. The number of hydrogen-bond donors (Lipinski definition) is 2. The first-order chi connectivity index (χ1) is 18.1. The fourth-order valence-corrected chi connectivity index (χ4v) is 6.88. The van der Waals surface area contributed by atoms with Gasteiger partial charge in [-0.2, -0.15) is 0 Å². The van der Waals surface area contributed by atoms with E-state index in [-0.39, 0.29) is 5.02 Å². The quantitative estimate of drug-likeness (QED) is 0.414. The van der Waals surface area contributed by atoms with Gasteiger partial charge in [0, 0.05) is 74.7 Å². The molecule has 0 spiro atoms. The zero-order valence-corrected chi connectivity index (χ0v) is 22.5. The lowest BCUT2D eigenvalue weighted by Crippen LogP contribution is -2.42. The zero-order valence-electron chi connectivity index (χ0n) is 20.9. The highest BCUT2D eigenvalue weighted by atomic mass is 35.5. The average Bonchev–Trinajstić information content (AvgIpc) is 3.44. The molecule has 0 amide bonds. The van der Waals surface area contributed by atoms with E-state index in [4.69, 9.17) is 16.3 Å². The number of thiophene rings is 1. The fourth-order valence-electron chi connectivity index (χ4n) is 5.45. The van der Waals surface area contributed by atoms with Crippen LogP contribution in [0, 0.1) is 5.82 Å². The van der Waals surface area contributed by atoms with Crippen molar-refractivity contribution in [3.05, 3.63) is 51.5 Å². The molecule has 6 rings (SSSR count). The Morgan fingerprint density at radius 1 is 1.14 bits per heavy atom. The van der Waals surface area contributed by atoms with Gasteiger partial charge in [0.1, 0.15) is 22.8 Å². The van der Waals surface area contributed by atoms with Gasteiger partial charge in [-0.15, -0.1) is 11.3 Å². The molecule has 2 aliphatic heterocycles. The molecular formula is C26H31ClFN7OS. The lowest BCUT2D eigenvalue weighted by Gasteiger charge is -2.30. The van der Waals surface area contributed by atoms with Crippen molar-refractivity contribution in [3.8, 4) is 0 Å². The van der Waals surface area contributed by atoms with Crippen molar-refractivity contribution in [1.82, 2.24) is 30.2 Å². The number of benzene rings is 1. The second kappa shape index (κ2) is 10.8. The van der Waals surface area contributed by atoms with E-state index in [2.05, 4.69) is 42.6 Å². The third kappa shape index (κ3) is 5.06. The molecule has 0 atom stereocenters. The number of aryl methyl sites for hydroxylation is 1. The maximum absolute atomic E-state index is 13.6. The average molecular weight is 544 g/mol. The summed E-state index contributed by atoms with van der Waals surface area (Å²) in [6.07, 6.45) is 3.51. The van der Waals surface area contributed by atoms with Crippen LogP contribution in [0.25, 0.3) is 15.8 Å². The molecule has 0 bridgehead atoms. The molecule has 4 heterocycles. The summed E-state index contributed by atoms with van der Waals surface area (Å²) in [6, 6.07) is 4.63. The van der Waals surface area contributed by atoms with Crippen LogP contribution in [-0.4, -0.2) is 91.0 Å². The van der Waals surface area contributed by atoms with Crippen molar-refractivity contribution in [2.24, 2.45) is 0 Å². The van der Waals surface area contributed by atoms with Gasteiger partial charge in [0.2, 0.25) is 0 Å². The van der Waals surface area contributed by atoms with Crippen molar-refractivity contribution < 1.29 is 9.13 Å². The number of anilines is 2. The summed E-state index contributed by atoms with van der Waals surface area (Å²) in [5.74, 6) is 0.302. The van der Waals surface area contributed by atoms with Crippen LogP contribution >= 0.6 is 22.9 Å². The van der Waals surface area contributed by atoms with Crippen LogP contribution in [0.5, 0.6) is 0 Å². The summed E-state index contributed by atoms with van der Waals surface area (Å²) in [5.41, 5.74) is 4.82. The molecule has 0 unspecified atom stereocenters. The highest BCUT2D eigenvalue weighted by Gasteiger charge is 2.34. The Labute approximate surface area is 225 Å². The number of nitrogens with zero attached hydrogens (tertiary/aromatic N) is 5. The largest absolute Gasteiger partial charge is 0.379 e. The molecule has 2 N–H and O–H groups in total. The van der Waals surface area contributed by atoms with Gasteiger partial charge in [-0.1, -0.05) is 11.6 Å². The van der Waals surface area contributed by atoms with E-state index in [1.165, 1.54) is 27.8 Å². The molecule has 3 aliphatic rings. The first kappa shape index (κ1) is 25.0. The number of likely N-dealkylation sites (N-methyl/N-ethyl adjacent to an activating group) is 1. The number of hydrazine groups is 1. The maximum atomic E-state index is 13.6. The van der Waals surface area contributed by atoms with Crippen molar-refractivity contribution in [3.63, 3.8) is 0 Å². The second-order valence-electron chi connectivity index (χ2n) is 9.63. The molecule has 11 heteroatoms. The molecule has 0 radical (unpaired) electrons. The molecule has 3 aromatic rings. The molecule has 1 aromatic carbocycles.